The number of likely N-dealkylation sites (N-methyl/N-ethyl adjacent to an activating group) is 1. The Morgan fingerprint density at radius 3 is 1.07 bits per heavy atom. The maximum atomic E-state index is 4.97. The molecule has 0 aromatic carbocycles. The number of hydrogen-bond donors (Lipinski definition) is 0. The third-order valence-corrected chi connectivity index (χ3v) is 9.77. The number of rotatable bonds is 32. The number of halogens is 1. The van der Waals surface area contributed by atoms with Crippen molar-refractivity contribution in [1.82, 2.24) is 0 Å². The van der Waals surface area contributed by atoms with Gasteiger partial charge in [-0.2, -0.15) is 0 Å². The average molecular weight is 598 g/mol. The molecule has 0 bridgehead atoms. The van der Waals surface area contributed by atoms with Gasteiger partial charge in [0.1, 0.15) is 6.54 Å². The van der Waals surface area contributed by atoms with Crippen molar-refractivity contribution in [3.05, 3.63) is 0 Å². The van der Waals surface area contributed by atoms with Gasteiger partial charge in [0.05, 0.1) is 20.1 Å². The molecule has 0 aliphatic carbocycles. The van der Waals surface area contributed by atoms with Crippen LogP contribution in [0.1, 0.15) is 213 Å². The summed E-state index contributed by atoms with van der Waals surface area (Å²) in [5.74, 6) is 1.53. The maximum Gasteiger partial charge on any atom is 0.198 e. The molecule has 0 amide bonds. The Labute approximate surface area is 266 Å². The van der Waals surface area contributed by atoms with Crippen LogP contribution in [0.5, 0.6) is 0 Å². The summed E-state index contributed by atoms with van der Waals surface area (Å²) >= 11 is 0. The molecule has 0 spiro atoms. The number of aliphatic imine (C=N–C) groups is 1. The van der Waals surface area contributed by atoms with Crippen LogP contribution in [0.25, 0.3) is 0 Å². The largest absolute Gasteiger partial charge is 1.00 e. The molecule has 1 aliphatic rings. The zero-order chi connectivity index (χ0) is 28.8. The molecule has 0 aromatic rings. The molecule has 1 heterocycles. The third kappa shape index (κ3) is 25.0. The lowest BCUT2D eigenvalue weighted by Crippen LogP contribution is -3.00. The molecular formula is C38H77ClN2. The summed E-state index contributed by atoms with van der Waals surface area (Å²) in [7, 11) is 2.47. The Balaban J connectivity index is 0.0000160. The minimum atomic E-state index is 0. The molecular weight excluding hydrogens is 520 g/mol. The van der Waals surface area contributed by atoms with E-state index in [1.165, 1.54) is 218 Å². The second-order valence-corrected chi connectivity index (χ2v) is 13.8. The van der Waals surface area contributed by atoms with Crippen molar-refractivity contribution in [3.8, 4) is 0 Å². The van der Waals surface area contributed by atoms with Gasteiger partial charge in [0.2, 0.25) is 0 Å². The van der Waals surface area contributed by atoms with Crippen LogP contribution in [0.15, 0.2) is 4.99 Å². The second kappa shape index (κ2) is 31.3. The predicted octanol–water partition coefficient (Wildman–Crippen LogP) is 9.98. The van der Waals surface area contributed by atoms with Crippen molar-refractivity contribution >= 4 is 5.84 Å². The first-order chi connectivity index (χ1) is 19.7. The lowest BCUT2D eigenvalue weighted by molar-refractivity contribution is -0.815. The van der Waals surface area contributed by atoms with E-state index in [1.807, 2.05) is 0 Å². The summed E-state index contributed by atoms with van der Waals surface area (Å²) in [4.78, 5) is 4.97. The maximum absolute atomic E-state index is 4.97. The number of amidine groups is 1. The standard InChI is InChI=1S/C38H77N2.ClH/c1-4-6-8-10-12-14-16-18-20-22-24-26-28-30-32-34-38-39-35-37-40(38,3)36-33-31-29-27-25-23-21-19-17-15-13-11-9-7-5-2;/h4-37H2,1-3H3;1H/q+1;/p-1. The summed E-state index contributed by atoms with van der Waals surface area (Å²) in [6.45, 7) is 8.27. The summed E-state index contributed by atoms with van der Waals surface area (Å²) in [6, 6.07) is 0. The molecule has 41 heavy (non-hydrogen) atoms. The molecule has 1 atom stereocenters. The van der Waals surface area contributed by atoms with E-state index in [-0.39, 0.29) is 12.4 Å². The van der Waals surface area contributed by atoms with Crippen LogP contribution in [-0.2, 0) is 0 Å². The van der Waals surface area contributed by atoms with E-state index in [9.17, 15) is 0 Å². The lowest BCUT2D eigenvalue weighted by atomic mass is 10.0. The zero-order valence-corrected chi connectivity index (χ0v) is 29.6. The Bertz CT molecular complexity index is 548. The number of quaternary nitrogens is 1. The first kappa shape index (κ1) is 40.9. The molecule has 1 unspecified atom stereocenters. The average Bonchev–Trinajstić information content (AvgIpc) is 3.32. The SMILES string of the molecule is CCCCCCCCCCCCCCCCCC1=NCC[N+]1(C)CCCCCCCCCCCCCCCCC.[Cl-]. The van der Waals surface area contributed by atoms with Crippen LogP contribution < -0.4 is 12.4 Å². The molecule has 0 radical (unpaired) electrons. The van der Waals surface area contributed by atoms with Gasteiger partial charge in [-0.15, -0.1) is 0 Å². The Hall–Kier alpha value is -0.0800. The van der Waals surface area contributed by atoms with Crippen molar-refractivity contribution in [2.24, 2.45) is 4.99 Å². The van der Waals surface area contributed by atoms with Gasteiger partial charge in [-0.25, -0.2) is 4.99 Å². The monoisotopic (exact) mass is 597 g/mol. The van der Waals surface area contributed by atoms with Crippen LogP contribution in [0.2, 0.25) is 0 Å². The molecule has 0 saturated heterocycles. The first-order valence-corrected chi connectivity index (χ1v) is 19.1. The molecule has 0 fully saturated rings. The van der Waals surface area contributed by atoms with Gasteiger partial charge in [0.15, 0.2) is 5.84 Å². The fourth-order valence-electron chi connectivity index (χ4n) is 6.78. The zero-order valence-electron chi connectivity index (χ0n) is 28.8. The third-order valence-electron chi connectivity index (χ3n) is 9.77. The summed E-state index contributed by atoms with van der Waals surface area (Å²) in [6.07, 6.45) is 44.8. The van der Waals surface area contributed by atoms with Gasteiger partial charge in [-0.1, -0.05) is 187 Å². The van der Waals surface area contributed by atoms with E-state index in [1.54, 1.807) is 0 Å². The van der Waals surface area contributed by atoms with Gasteiger partial charge in [0.25, 0.3) is 0 Å². The van der Waals surface area contributed by atoms with E-state index in [2.05, 4.69) is 20.9 Å². The fourth-order valence-corrected chi connectivity index (χ4v) is 6.78. The van der Waals surface area contributed by atoms with E-state index < -0.39 is 0 Å². The highest BCUT2D eigenvalue weighted by Crippen LogP contribution is 2.21. The highest BCUT2D eigenvalue weighted by atomic mass is 35.5. The highest BCUT2D eigenvalue weighted by Gasteiger charge is 2.32. The summed E-state index contributed by atoms with van der Waals surface area (Å²) < 4.78 is 1.16. The van der Waals surface area contributed by atoms with Gasteiger partial charge in [0, 0.05) is 6.42 Å². The van der Waals surface area contributed by atoms with Crippen molar-refractivity contribution in [2.75, 3.05) is 26.7 Å². The quantitative estimate of drug-likeness (QED) is 0.0541. The molecule has 246 valence electrons. The van der Waals surface area contributed by atoms with Gasteiger partial charge in [-0.3, -0.25) is 4.48 Å². The summed E-state index contributed by atoms with van der Waals surface area (Å²) in [5.41, 5.74) is 0. The molecule has 0 aromatic heterocycles. The minimum absolute atomic E-state index is 0. The summed E-state index contributed by atoms with van der Waals surface area (Å²) in [5, 5.41) is 0. The molecule has 3 heteroatoms. The van der Waals surface area contributed by atoms with E-state index in [0.717, 1.165) is 11.0 Å². The fraction of sp³-hybridized carbons (Fsp3) is 0.974. The topological polar surface area (TPSA) is 12.4 Å². The molecule has 1 rings (SSSR count). The van der Waals surface area contributed by atoms with Crippen molar-refractivity contribution in [3.63, 3.8) is 0 Å². The van der Waals surface area contributed by atoms with Crippen LogP contribution in [-0.4, -0.2) is 37.0 Å². The van der Waals surface area contributed by atoms with Gasteiger partial charge in [-0.05, 0) is 19.3 Å². The predicted molar refractivity (Wildman–Crippen MR) is 183 cm³/mol. The van der Waals surface area contributed by atoms with Crippen LogP contribution in [0.4, 0.5) is 0 Å². The van der Waals surface area contributed by atoms with Crippen LogP contribution >= 0.6 is 0 Å². The lowest BCUT2D eigenvalue weighted by Gasteiger charge is -2.30. The van der Waals surface area contributed by atoms with E-state index in [0.29, 0.717) is 0 Å². The molecule has 0 N–H and O–H groups in total. The number of unbranched alkanes of at least 4 members (excludes halogenated alkanes) is 28. The smallest absolute Gasteiger partial charge is 0.198 e. The number of hydrogen-bond acceptors (Lipinski definition) is 1. The minimum Gasteiger partial charge on any atom is -1.00 e. The van der Waals surface area contributed by atoms with E-state index in [4.69, 9.17) is 4.99 Å². The Morgan fingerprint density at radius 1 is 0.439 bits per heavy atom. The molecule has 0 saturated carbocycles. The van der Waals surface area contributed by atoms with Gasteiger partial charge >= 0.3 is 0 Å². The van der Waals surface area contributed by atoms with Crippen molar-refractivity contribution in [2.45, 2.75) is 213 Å². The molecule has 1 aliphatic heterocycles. The normalized spacial score (nSPS) is 16.7. The first-order valence-electron chi connectivity index (χ1n) is 19.1. The van der Waals surface area contributed by atoms with Crippen molar-refractivity contribution < 1.29 is 16.9 Å². The Kier molecular flexibility index (Phi) is 31.3. The second-order valence-electron chi connectivity index (χ2n) is 13.8. The van der Waals surface area contributed by atoms with Crippen LogP contribution in [0, 0.1) is 0 Å². The number of nitrogens with zero attached hydrogens (tertiary/aromatic N) is 2. The van der Waals surface area contributed by atoms with Gasteiger partial charge < -0.3 is 12.4 Å². The Morgan fingerprint density at radius 2 is 0.732 bits per heavy atom. The van der Waals surface area contributed by atoms with E-state index >= 15 is 0 Å². The van der Waals surface area contributed by atoms with Crippen molar-refractivity contribution in [1.29, 1.82) is 0 Å². The highest BCUT2D eigenvalue weighted by molar-refractivity contribution is 5.76. The van der Waals surface area contributed by atoms with Crippen LogP contribution in [0.3, 0.4) is 0 Å². The molecule has 2 nitrogen and oxygen atoms in total.